The van der Waals surface area contributed by atoms with Gasteiger partial charge in [-0.2, -0.15) is 9.19 Å². The van der Waals surface area contributed by atoms with Gasteiger partial charge in [0.05, 0.1) is 24.8 Å². The standard InChI is InChI=1S/C19H23F2N5O4S/c1-23-19(27)17-13-7-24-26(31(2,28)29)16(13)8-25(17)11-6-15(22)18(30-9-11)12-5-10(20)3-4-14(12)21/h3-5,7,11,15,17-18H,6,8-9,22H2,1-2H3,(H,23,27)/t11-,15+,17?,18-/m1/s1. The molecule has 2 aliphatic rings. The fourth-order valence-corrected chi connectivity index (χ4v) is 5.16. The molecule has 12 heteroatoms. The Hall–Kier alpha value is -2.41. The van der Waals surface area contributed by atoms with Gasteiger partial charge in [-0.25, -0.2) is 17.2 Å². The maximum Gasteiger partial charge on any atom is 0.251 e. The number of carbonyl (C=O) groups is 1. The van der Waals surface area contributed by atoms with Crippen molar-refractivity contribution in [1.29, 1.82) is 0 Å². The number of nitrogens with one attached hydrogen (secondary N) is 1. The van der Waals surface area contributed by atoms with Crippen molar-refractivity contribution in [3.05, 3.63) is 52.9 Å². The van der Waals surface area contributed by atoms with Gasteiger partial charge in [0.15, 0.2) is 0 Å². The van der Waals surface area contributed by atoms with Crippen LogP contribution in [0.15, 0.2) is 24.4 Å². The van der Waals surface area contributed by atoms with Gasteiger partial charge in [0.2, 0.25) is 5.91 Å². The first-order chi connectivity index (χ1) is 14.6. The lowest BCUT2D eigenvalue weighted by molar-refractivity contribution is -0.129. The number of carbonyl (C=O) groups excluding carboxylic acids is 1. The third kappa shape index (κ3) is 3.84. The summed E-state index contributed by atoms with van der Waals surface area (Å²) < 4.78 is 58.7. The minimum Gasteiger partial charge on any atom is -0.370 e. The summed E-state index contributed by atoms with van der Waals surface area (Å²) in [4.78, 5) is 14.4. The van der Waals surface area contributed by atoms with Gasteiger partial charge in [-0.05, 0) is 24.6 Å². The van der Waals surface area contributed by atoms with Crippen molar-refractivity contribution in [1.82, 2.24) is 19.4 Å². The average molecular weight is 455 g/mol. The predicted molar refractivity (Wildman–Crippen MR) is 106 cm³/mol. The molecule has 0 spiro atoms. The second kappa shape index (κ2) is 7.93. The summed E-state index contributed by atoms with van der Waals surface area (Å²) in [7, 11) is -2.15. The number of hydrogen-bond donors (Lipinski definition) is 2. The van der Waals surface area contributed by atoms with Crippen molar-refractivity contribution in [2.24, 2.45) is 5.73 Å². The Morgan fingerprint density at radius 3 is 2.71 bits per heavy atom. The smallest absolute Gasteiger partial charge is 0.251 e. The molecular formula is C19H23F2N5O4S. The Morgan fingerprint density at radius 2 is 2.06 bits per heavy atom. The van der Waals surface area contributed by atoms with Crippen LogP contribution < -0.4 is 11.1 Å². The third-order valence-corrected chi connectivity index (χ3v) is 6.71. The SMILES string of the molecule is CNC(=O)C1c2cnn(S(C)(=O)=O)c2CN1[C@H]1CO[C@H](c2cc(F)ccc2F)[C@@H](N)C1. The number of halogens is 2. The number of benzene rings is 1. The van der Waals surface area contributed by atoms with E-state index in [1.54, 1.807) is 0 Å². The molecule has 3 N–H and O–H groups in total. The molecule has 1 saturated heterocycles. The Balaban J connectivity index is 1.60. The second-order valence-corrected chi connectivity index (χ2v) is 9.63. The summed E-state index contributed by atoms with van der Waals surface area (Å²) in [5.41, 5.74) is 7.22. The van der Waals surface area contributed by atoms with Crippen LogP contribution in [0.5, 0.6) is 0 Å². The van der Waals surface area contributed by atoms with E-state index in [1.807, 2.05) is 4.90 Å². The summed E-state index contributed by atoms with van der Waals surface area (Å²) in [5.74, 6) is -1.52. The highest BCUT2D eigenvalue weighted by molar-refractivity contribution is 7.89. The van der Waals surface area contributed by atoms with Gasteiger partial charge in [0.25, 0.3) is 10.0 Å². The number of rotatable bonds is 4. The van der Waals surface area contributed by atoms with Gasteiger partial charge in [-0.3, -0.25) is 9.69 Å². The Kier molecular flexibility index (Phi) is 5.58. The lowest BCUT2D eigenvalue weighted by Crippen LogP contribution is -2.50. The van der Waals surface area contributed by atoms with E-state index < -0.39 is 39.8 Å². The van der Waals surface area contributed by atoms with Crippen LogP contribution in [-0.2, 0) is 26.1 Å². The maximum absolute atomic E-state index is 14.2. The highest BCUT2D eigenvalue weighted by Crippen LogP contribution is 2.40. The first-order valence-electron chi connectivity index (χ1n) is 9.68. The van der Waals surface area contributed by atoms with Crippen molar-refractivity contribution in [2.75, 3.05) is 19.9 Å². The van der Waals surface area contributed by atoms with Gasteiger partial charge in [-0.15, -0.1) is 0 Å². The molecule has 168 valence electrons. The van der Waals surface area contributed by atoms with Crippen LogP contribution in [0, 0.1) is 11.6 Å². The quantitative estimate of drug-likeness (QED) is 0.686. The zero-order valence-corrected chi connectivity index (χ0v) is 17.8. The first-order valence-corrected chi connectivity index (χ1v) is 11.5. The van der Waals surface area contributed by atoms with E-state index in [0.717, 1.165) is 28.5 Å². The van der Waals surface area contributed by atoms with Crippen LogP contribution in [0.3, 0.4) is 0 Å². The monoisotopic (exact) mass is 455 g/mol. The molecule has 4 atom stereocenters. The van der Waals surface area contributed by atoms with E-state index in [4.69, 9.17) is 10.5 Å². The van der Waals surface area contributed by atoms with Crippen LogP contribution in [-0.4, -0.2) is 60.4 Å². The molecular weight excluding hydrogens is 432 g/mol. The topological polar surface area (TPSA) is 120 Å². The van der Waals surface area contributed by atoms with E-state index in [-0.39, 0.29) is 30.7 Å². The molecule has 0 saturated carbocycles. The zero-order valence-electron chi connectivity index (χ0n) is 17.0. The van der Waals surface area contributed by atoms with Crippen molar-refractivity contribution in [3.8, 4) is 0 Å². The van der Waals surface area contributed by atoms with Gasteiger partial charge >= 0.3 is 0 Å². The number of amides is 1. The molecule has 1 unspecified atom stereocenters. The number of hydrogen-bond acceptors (Lipinski definition) is 7. The second-order valence-electron chi connectivity index (χ2n) is 7.81. The normalized spacial score (nSPS) is 26.6. The van der Waals surface area contributed by atoms with E-state index in [9.17, 15) is 22.0 Å². The van der Waals surface area contributed by atoms with Crippen molar-refractivity contribution < 1.29 is 26.7 Å². The van der Waals surface area contributed by atoms with E-state index >= 15 is 0 Å². The Labute approximate surface area is 178 Å². The number of nitrogens with two attached hydrogens (primary N) is 1. The van der Waals surface area contributed by atoms with Gasteiger partial charge in [0, 0.05) is 36.8 Å². The van der Waals surface area contributed by atoms with Gasteiger partial charge in [-0.1, -0.05) is 0 Å². The molecule has 2 aliphatic heterocycles. The van der Waals surface area contributed by atoms with Crippen molar-refractivity contribution in [3.63, 3.8) is 0 Å². The fraction of sp³-hybridized carbons (Fsp3) is 0.474. The predicted octanol–water partition coefficient (Wildman–Crippen LogP) is 0.429. The molecule has 0 aliphatic carbocycles. The highest BCUT2D eigenvalue weighted by atomic mass is 32.2. The minimum absolute atomic E-state index is 0.0474. The number of nitrogens with zero attached hydrogens (tertiary/aromatic N) is 3. The van der Waals surface area contributed by atoms with Crippen LogP contribution in [0.4, 0.5) is 8.78 Å². The van der Waals surface area contributed by atoms with Crippen LogP contribution in [0.1, 0.15) is 35.4 Å². The van der Waals surface area contributed by atoms with E-state index in [0.29, 0.717) is 17.7 Å². The fourth-order valence-electron chi connectivity index (χ4n) is 4.37. The zero-order chi connectivity index (χ0) is 22.5. The molecule has 1 aromatic heterocycles. The number of ether oxygens (including phenoxy) is 1. The summed E-state index contributed by atoms with van der Waals surface area (Å²) in [6.45, 7) is 0.263. The lowest BCUT2D eigenvalue weighted by Gasteiger charge is -2.40. The van der Waals surface area contributed by atoms with Crippen molar-refractivity contribution >= 4 is 15.9 Å². The number of aromatic nitrogens is 2. The molecule has 2 aromatic rings. The lowest BCUT2D eigenvalue weighted by atomic mass is 9.92. The average Bonchev–Trinajstić information content (AvgIpc) is 3.28. The molecule has 0 bridgehead atoms. The summed E-state index contributed by atoms with van der Waals surface area (Å²) >= 11 is 0. The third-order valence-electron chi connectivity index (χ3n) is 5.77. The minimum atomic E-state index is -3.65. The van der Waals surface area contributed by atoms with Gasteiger partial charge in [0.1, 0.15) is 23.8 Å². The maximum atomic E-state index is 14.2. The van der Waals surface area contributed by atoms with Crippen LogP contribution >= 0.6 is 0 Å². The first kappa shape index (κ1) is 21.8. The summed E-state index contributed by atoms with van der Waals surface area (Å²) in [5, 5.41) is 6.52. The van der Waals surface area contributed by atoms with Crippen LogP contribution in [0.25, 0.3) is 0 Å². The molecule has 1 fully saturated rings. The molecule has 3 heterocycles. The molecule has 1 aromatic carbocycles. The van der Waals surface area contributed by atoms with Crippen molar-refractivity contribution in [2.45, 2.75) is 37.2 Å². The Morgan fingerprint density at radius 1 is 1.32 bits per heavy atom. The van der Waals surface area contributed by atoms with Crippen LogP contribution in [0.2, 0.25) is 0 Å². The molecule has 31 heavy (non-hydrogen) atoms. The van der Waals surface area contributed by atoms with Gasteiger partial charge < -0.3 is 15.8 Å². The summed E-state index contributed by atoms with van der Waals surface area (Å²) in [6.07, 6.45) is 1.92. The highest BCUT2D eigenvalue weighted by Gasteiger charge is 2.45. The number of fused-ring (bicyclic) bond motifs is 1. The molecule has 9 nitrogen and oxygen atoms in total. The molecule has 0 radical (unpaired) electrons. The largest absolute Gasteiger partial charge is 0.370 e. The molecule has 1 amide bonds. The number of likely N-dealkylation sites (N-methyl/N-ethyl adjacent to an activating group) is 1. The molecule has 4 rings (SSSR count). The Bertz CT molecular complexity index is 1120. The van der Waals surface area contributed by atoms with E-state index in [1.165, 1.54) is 13.2 Å². The van der Waals surface area contributed by atoms with E-state index in [2.05, 4.69) is 10.4 Å². The summed E-state index contributed by atoms with van der Waals surface area (Å²) in [6, 6.07) is 1.36.